The average molecular weight is 585 g/mol. The number of carbonyl (C=O) groups is 2. The van der Waals surface area contributed by atoms with E-state index >= 15 is 0 Å². The Balaban J connectivity index is 1.17. The molecule has 0 aliphatic carbocycles. The molecule has 4 aromatic rings. The first kappa shape index (κ1) is 29.0. The highest BCUT2D eigenvalue weighted by Crippen LogP contribution is 2.22. The maximum atomic E-state index is 12.3. The molecule has 0 radical (unpaired) electrons. The quantitative estimate of drug-likeness (QED) is 0.192. The number of ether oxygens (including phenoxy) is 1. The van der Waals surface area contributed by atoms with Gasteiger partial charge in [0.05, 0.1) is 12.1 Å². The van der Waals surface area contributed by atoms with E-state index < -0.39 is 18.9 Å². The Morgan fingerprint density at radius 1 is 0.975 bits per heavy atom. The number of aromatic nitrogens is 4. The summed E-state index contributed by atoms with van der Waals surface area (Å²) in [7, 11) is 0. The van der Waals surface area contributed by atoms with Gasteiger partial charge in [-0.15, -0.1) is 15.3 Å². The summed E-state index contributed by atoms with van der Waals surface area (Å²) in [5, 5.41) is 33.4. The molecule has 13 heteroatoms. The SMILES string of the molecule is O=C(Cc1cccc(OCF)c1)Nc1ccc(CCCCc2nnc(NC(=O)C(O)c3cccc(Cl)c3)s2)nn1. The zero-order valence-corrected chi connectivity index (χ0v) is 22.8. The van der Waals surface area contributed by atoms with Crippen LogP contribution in [-0.2, 0) is 28.9 Å². The molecule has 0 bridgehead atoms. The van der Waals surface area contributed by atoms with Crippen molar-refractivity contribution in [1.29, 1.82) is 0 Å². The van der Waals surface area contributed by atoms with Gasteiger partial charge in [-0.05, 0) is 66.8 Å². The van der Waals surface area contributed by atoms with Crippen molar-refractivity contribution in [3.05, 3.63) is 87.5 Å². The van der Waals surface area contributed by atoms with Gasteiger partial charge in [-0.3, -0.25) is 14.9 Å². The lowest BCUT2D eigenvalue weighted by molar-refractivity contribution is -0.124. The van der Waals surface area contributed by atoms with Gasteiger partial charge in [-0.1, -0.05) is 47.2 Å². The molecule has 2 aromatic heterocycles. The molecule has 1 atom stereocenters. The molecule has 10 nitrogen and oxygen atoms in total. The Hall–Kier alpha value is -4.00. The van der Waals surface area contributed by atoms with Gasteiger partial charge in [0.1, 0.15) is 10.8 Å². The highest BCUT2D eigenvalue weighted by atomic mass is 35.5. The van der Waals surface area contributed by atoms with E-state index in [0.29, 0.717) is 45.7 Å². The van der Waals surface area contributed by atoms with Gasteiger partial charge in [0.25, 0.3) is 5.91 Å². The number of hydrogen-bond donors (Lipinski definition) is 3. The van der Waals surface area contributed by atoms with E-state index in [-0.39, 0.29) is 12.3 Å². The van der Waals surface area contributed by atoms with E-state index in [2.05, 4.69) is 31.0 Å². The fourth-order valence-corrected chi connectivity index (χ4v) is 4.71. The molecule has 2 heterocycles. The number of anilines is 2. The third kappa shape index (κ3) is 8.76. The van der Waals surface area contributed by atoms with Crippen molar-refractivity contribution >= 4 is 45.7 Å². The summed E-state index contributed by atoms with van der Waals surface area (Å²) in [6.07, 6.45) is 1.73. The fourth-order valence-electron chi connectivity index (χ4n) is 3.73. The first-order valence-electron chi connectivity index (χ1n) is 12.4. The van der Waals surface area contributed by atoms with Crippen LogP contribution in [-0.4, -0.2) is 44.2 Å². The molecule has 1 unspecified atom stereocenters. The number of amides is 2. The zero-order valence-electron chi connectivity index (χ0n) is 21.2. The van der Waals surface area contributed by atoms with Gasteiger partial charge in [0.2, 0.25) is 17.9 Å². The Morgan fingerprint density at radius 3 is 2.58 bits per heavy atom. The summed E-state index contributed by atoms with van der Waals surface area (Å²) >= 11 is 7.17. The minimum absolute atomic E-state index is 0.0897. The topological polar surface area (TPSA) is 139 Å². The Kier molecular flexibility index (Phi) is 10.4. The minimum atomic E-state index is -1.37. The predicted molar refractivity (Wildman–Crippen MR) is 149 cm³/mol. The number of nitrogens with zero attached hydrogens (tertiary/aromatic N) is 4. The second-order valence-corrected chi connectivity index (χ2v) is 10.2. The van der Waals surface area contributed by atoms with Gasteiger partial charge < -0.3 is 15.2 Å². The number of benzene rings is 2. The number of halogens is 2. The van der Waals surface area contributed by atoms with Gasteiger partial charge in [0.15, 0.2) is 11.9 Å². The molecular weight excluding hydrogens is 559 g/mol. The lowest BCUT2D eigenvalue weighted by Crippen LogP contribution is -2.20. The van der Waals surface area contributed by atoms with Gasteiger partial charge in [-0.2, -0.15) is 5.10 Å². The van der Waals surface area contributed by atoms with E-state index in [1.54, 1.807) is 48.5 Å². The summed E-state index contributed by atoms with van der Waals surface area (Å²) in [6.45, 7) is -0.932. The Labute approximate surface area is 238 Å². The number of nitrogens with one attached hydrogen (secondary N) is 2. The van der Waals surface area contributed by atoms with Gasteiger partial charge in [-0.25, -0.2) is 4.39 Å². The zero-order chi connectivity index (χ0) is 28.3. The van der Waals surface area contributed by atoms with Crippen LogP contribution in [0.2, 0.25) is 5.02 Å². The van der Waals surface area contributed by atoms with E-state index in [9.17, 15) is 19.1 Å². The van der Waals surface area contributed by atoms with Crippen LogP contribution >= 0.6 is 22.9 Å². The molecule has 0 fully saturated rings. The molecule has 4 rings (SSSR count). The lowest BCUT2D eigenvalue weighted by Gasteiger charge is -2.09. The molecule has 0 aliphatic rings. The number of carbonyl (C=O) groups excluding carboxylic acids is 2. The van der Waals surface area contributed by atoms with Crippen LogP contribution in [0.4, 0.5) is 15.3 Å². The molecule has 0 spiro atoms. The molecule has 2 amide bonds. The number of aliphatic hydroxyl groups is 1. The standard InChI is InChI=1S/C27H26ClFN6O4S/c28-19-7-4-6-18(15-19)25(37)26(38)31-27-35-34-24(40-27)10-2-1-8-20-11-12-22(33-32-20)30-23(36)14-17-5-3-9-21(13-17)39-16-29/h3-7,9,11-13,15,25,37H,1-2,8,10,14,16H2,(H,30,33,36)(H,31,35,38). The summed E-state index contributed by atoms with van der Waals surface area (Å²) in [4.78, 5) is 24.6. The lowest BCUT2D eigenvalue weighted by atomic mass is 10.1. The van der Waals surface area contributed by atoms with E-state index in [4.69, 9.17) is 16.3 Å². The molecule has 2 aromatic carbocycles. The second kappa shape index (κ2) is 14.4. The van der Waals surface area contributed by atoms with Crippen LogP contribution in [0.3, 0.4) is 0 Å². The third-order valence-corrected chi connectivity index (χ3v) is 6.79. The highest BCUT2D eigenvalue weighted by molar-refractivity contribution is 7.15. The Morgan fingerprint density at radius 2 is 1.80 bits per heavy atom. The van der Waals surface area contributed by atoms with Crippen molar-refractivity contribution < 1.29 is 23.8 Å². The number of aliphatic hydroxyl groups excluding tert-OH is 1. The summed E-state index contributed by atoms with van der Waals surface area (Å²) in [5.74, 6) is -0.180. The average Bonchev–Trinajstić information content (AvgIpc) is 3.39. The van der Waals surface area contributed by atoms with Crippen molar-refractivity contribution in [2.75, 3.05) is 17.5 Å². The van der Waals surface area contributed by atoms with Crippen molar-refractivity contribution in [2.45, 2.75) is 38.2 Å². The molecule has 40 heavy (non-hydrogen) atoms. The predicted octanol–water partition coefficient (Wildman–Crippen LogP) is 4.71. The van der Waals surface area contributed by atoms with Crippen molar-refractivity contribution in [3.8, 4) is 5.75 Å². The summed E-state index contributed by atoms with van der Waals surface area (Å²) < 4.78 is 17.2. The minimum Gasteiger partial charge on any atom is -0.463 e. The van der Waals surface area contributed by atoms with Crippen LogP contribution in [0.5, 0.6) is 5.75 Å². The van der Waals surface area contributed by atoms with Crippen molar-refractivity contribution in [2.24, 2.45) is 0 Å². The fraction of sp³-hybridized carbons (Fsp3) is 0.259. The Bertz CT molecular complexity index is 1440. The first-order valence-corrected chi connectivity index (χ1v) is 13.6. The van der Waals surface area contributed by atoms with Crippen LogP contribution in [0, 0.1) is 0 Å². The third-order valence-electron chi connectivity index (χ3n) is 5.65. The summed E-state index contributed by atoms with van der Waals surface area (Å²) in [5.41, 5.74) is 1.86. The molecular formula is C27H26ClFN6O4S. The molecule has 208 valence electrons. The number of hydrogen-bond acceptors (Lipinski definition) is 9. The smallest absolute Gasteiger partial charge is 0.259 e. The van der Waals surface area contributed by atoms with Crippen LogP contribution < -0.4 is 15.4 Å². The van der Waals surface area contributed by atoms with Crippen molar-refractivity contribution in [1.82, 2.24) is 20.4 Å². The number of aryl methyl sites for hydroxylation is 2. The highest BCUT2D eigenvalue weighted by Gasteiger charge is 2.19. The first-order chi connectivity index (χ1) is 19.4. The normalized spacial score (nSPS) is 11.6. The number of alkyl halides is 1. The van der Waals surface area contributed by atoms with E-state index in [1.165, 1.54) is 17.4 Å². The van der Waals surface area contributed by atoms with E-state index in [1.807, 2.05) is 6.07 Å². The largest absolute Gasteiger partial charge is 0.463 e. The maximum Gasteiger partial charge on any atom is 0.259 e. The van der Waals surface area contributed by atoms with Gasteiger partial charge in [0, 0.05) is 11.4 Å². The van der Waals surface area contributed by atoms with E-state index in [0.717, 1.165) is 23.5 Å². The van der Waals surface area contributed by atoms with Crippen LogP contribution in [0.25, 0.3) is 0 Å². The number of unbranched alkanes of at least 4 members (excludes halogenated alkanes) is 1. The molecule has 0 aliphatic heterocycles. The molecule has 0 saturated carbocycles. The summed E-state index contributed by atoms with van der Waals surface area (Å²) in [6, 6.07) is 16.6. The van der Waals surface area contributed by atoms with Crippen molar-refractivity contribution in [3.63, 3.8) is 0 Å². The van der Waals surface area contributed by atoms with Crippen LogP contribution in [0.1, 0.15) is 40.8 Å². The van der Waals surface area contributed by atoms with Crippen LogP contribution in [0.15, 0.2) is 60.7 Å². The number of rotatable bonds is 13. The van der Waals surface area contributed by atoms with Gasteiger partial charge >= 0.3 is 0 Å². The monoisotopic (exact) mass is 584 g/mol. The second-order valence-electron chi connectivity index (χ2n) is 8.69. The molecule has 3 N–H and O–H groups in total. The maximum absolute atomic E-state index is 12.3. The molecule has 0 saturated heterocycles.